The van der Waals surface area contributed by atoms with Crippen molar-refractivity contribution < 1.29 is 45.4 Å². The van der Waals surface area contributed by atoms with E-state index in [1.165, 1.54) is 6.07 Å². The number of aromatic nitrogens is 1. The second-order valence-corrected chi connectivity index (χ2v) is 9.16. The summed E-state index contributed by atoms with van der Waals surface area (Å²) in [7, 11) is 0. The lowest BCUT2D eigenvalue weighted by atomic mass is 9.96. The molecular weight excluding hydrogens is 494 g/mol. The van der Waals surface area contributed by atoms with Crippen molar-refractivity contribution >= 4 is 5.97 Å². The number of pyridine rings is 1. The Morgan fingerprint density at radius 2 is 1.58 bits per heavy atom. The summed E-state index contributed by atoms with van der Waals surface area (Å²) >= 11 is 0. The molecule has 1 aliphatic carbocycles. The number of carbonyl (C=O) groups is 1. The van der Waals surface area contributed by atoms with Crippen LogP contribution in [-0.4, -0.2) is 41.3 Å². The van der Waals surface area contributed by atoms with Gasteiger partial charge in [0.15, 0.2) is 5.75 Å². The van der Waals surface area contributed by atoms with Crippen LogP contribution in [0.25, 0.3) is 0 Å². The average molecular weight is 518 g/mol. The fourth-order valence-corrected chi connectivity index (χ4v) is 4.52. The van der Waals surface area contributed by atoms with E-state index in [0.29, 0.717) is 19.2 Å². The molecule has 2 fully saturated rings. The number of hydrogen-bond donors (Lipinski definition) is 0. The van der Waals surface area contributed by atoms with E-state index in [4.69, 9.17) is 14.3 Å². The summed E-state index contributed by atoms with van der Waals surface area (Å²) in [6, 6.07) is 4.73. The number of rotatable bonds is 6. The average Bonchev–Trinajstić information content (AvgIpc) is 3.00. The van der Waals surface area contributed by atoms with E-state index in [0.717, 1.165) is 37.2 Å². The predicted molar refractivity (Wildman–Crippen MR) is 114 cm³/mol. The number of carbonyl (C=O) groups excluding carboxylic acids is 1. The van der Waals surface area contributed by atoms with Crippen molar-refractivity contribution in [1.29, 1.82) is 0 Å². The van der Waals surface area contributed by atoms with Crippen LogP contribution in [-0.2, 0) is 17.1 Å². The highest BCUT2D eigenvalue weighted by atomic mass is 19.4. The topological polar surface area (TPSA) is 60.9 Å². The number of halogens is 6. The number of ether oxygens (including phenoxy) is 2. The Labute approximate surface area is 203 Å². The highest BCUT2D eigenvalue weighted by molar-refractivity contribution is 5.92. The van der Waals surface area contributed by atoms with E-state index in [2.05, 4.69) is 4.98 Å². The summed E-state index contributed by atoms with van der Waals surface area (Å²) in [6.07, 6.45) is -7.72. The zero-order chi connectivity index (χ0) is 26.3. The molecule has 0 unspecified atom stereocenters. The van der Waals surface area contributed by atoms with Gasteiger partial charge in [0.2, 0.25) is 5.88 Å². The Kier molecular flexibility index (Phi) is 7.09. The van der Waals surface area contributed by atoms with Crippen LogP contribution in [0.3, 0.4) is 0 Å². The third-order valence-corrected chi connectivity index (χ3v) is 6.13. The molecule has 0 N–H and O–H groups in total. The molecule has 1 aliphatic heterocycles. The molecule has 4 rings (SSSR count). The molecule has 2 atom stereocenters. The number of benzene rings is 1. The lowest BCUT2D eigenvalue weighted by Crippen LogP contribution is -2.48. The highest BCUT2D eigenvalue weighted by Crippen LogP contribution is 2.40. The first kappa shape index (κ1) is 26.1. The van der Waals surface area contributed by atoms with Crippen molar-refractivity contribution in [3.05, 3.63) is 53.2 Å². The van der Waals surface area contributed by atoms with Gasteiger partial charge in [-0.2, -0.15) is 26.3 Å². The van der Waals surface area contributed by atoms with Crippen LogP contribution < -0.4 is 9.57 Å². The fourth-order valence-electron chi connectivity index (χ4n) is 4.52. The van der Waals surface area contributed by atoms with Gasteiger partial charge in [-0.3, -0.25) is 0 Å². The highest BCUT2D eigenvalue weighted by Gasteiger charge is 2.45. The normalized spacial score (nSPS) is 22.5. The standard InChI is InChI=1S/C24H24F6N2O4/c1-13(2)34-22(33)18-9-16(23(25,26)27)5-7-19(18)36-32-11-14-3-4-15(12-32)21(14)35-20-8-6-17(10-31-20)24(28,29)30/h5-10,13-15,21H,3-4,11-12H2,1-2H3/t14-,15-/m1/s1. The Morgan fingerprint density at radius 3 is 2.11 bits per heavy atom. The van der Waals surface area contributed by atoms with Crippen LogP contribution in [0.4, 0.5) is 26.3 Å². The number of nitrogens with zero attached hydrogens (tertiary/aromatic N) is 2. The SMILES string of the molecule is CC(C)OC(=O)c1cc(C(F)(F)F)ccc1ON1C[C@H]2CC[C@H](C1)C2Oc1ccc(C(F)(F)F)cn1. The van der Waals surface area contributed by atoms with Gasteiger partial charge in [0, 0.05) is 37.2 Å². The molecule has 2 aromatic rings. The molecule has 1 saturated heterocycles. The zero-order valence-corrected chi connectivity index (χ0v) is 19.4. The predicted octanol–water partition coefficient (Wildman–Crippen LogP) is 5.77. The van der Waals surface area contributed by atoms with Gasteiger partial charge in [0.05, 0.1) is 17.2 Å². The van der Waals surface area contributed by atoms with Gasteiger partial charge in [0.1, 0.15) is 11.7 Å². The van der Waals surface area contributed by atoms with Gasteiger partial charge >= 0.3 is 18.3 Å². The first-order valence-electron chi connectivity index (χ1n) is 11.4. The second-order valence-electron chi connectivity index (χ2n) is 9.16. The van der Waals surface area contributed by atoms with E-state index in [1.54, 1.807) is 18.9 Å². The van der Waals surface area contributed by atoms with Crippen molar-refractivity contribution in [3.63, 3.8) is 0 Å². The molecule has 1 aromatic heterocycles. The largest absolute Gasteiger partial charge is 0.474 e. The minimum Gasteiger partial charge on any atom is -0.474 e. The van der Waals surface area contributed by atoms with Crippen molar-refractivity contribution in [2.75, 3.05) is 13.1 Å². The van der Waals surface area contributed by atoms with Crippen molar-refractivity contribution in [2.24, 2.45) is 11.8 Å². The molecule has 0 amide bonds. The van der Waals surface area contributed by atoms with E-state index >= 15 is 0 Å². The minimum absolute atomic E-state index is 0.0478. The number of hydrogen-bond acceptors (Lipinski definition) is 6. The number of piperidine rings is 1. The third-order valence-electron chi connectivity index (χ3n) is 6.13. The van der Waals surface area contributed by atoms with Gasteiger partial charge in [-0.05, 0) is 51.0 Å². The Bertz CT molecular complexity index is 1070. The van der Waals surface area contributed by atoms with Crippen LogP contribution in [0, 0.1) is 11.8 Å². The zero-order valence-electron chi connectivity index (χ0n) is 19.4. The van der Waals surface area contributed by atoms with E-state index < -0.39 is 35.6 Å². The summed E-state index contributed by atoms with van der Waals surface area (Å²) in [5, 5.41) is 1.57. The number of hydroxylamine groups is 2. The maximum absolute atomic E-state index is 13.2. The van der Waals surface area contributed by atoms with Crippen LogP contribution in [0.15, 0.2) is 36.5 Å². The van der Waals surface area contributed by atoms with Gasteiger partial charge in [-0.1, -0.05) is 0 Å². The van der Waals surface area contributed by atoms with Gasteiger partial charge in [-0.15, -0.1) is 5.06 Å². The molecule has 2 bridgehead atoms. The van der Waals surface area contributed by atoms with Crippen LogP contribution in [0.2, 0.25) is 0 Å². The Balaban J connectivity index is 1.47. The molecule has 12 heteroatoms. The van der Waals surface area contributed by atoms with Crippen LogP contribution >= 0.6 is 0 Å². The molecule has 1 saturated carbocycles. The lowest BCUT2D eigenvalue weighted by Gasteiger charge is -2.37. The maximum atomic E-state index is 13.2. The molecule has 2 aliphatic rings. The smallest absolute Gasteiger partial charge is 0.417 e. The van der Waals surface area contributed by atoms with Crippen molar-refractivity contribution in [1.82, 2.24) is 10.0 Å². The summed E-state index contributed by atoms with van der Waals surface area (Å²) in [5.41, 5.74) is -2.20. The molecule has 0 spiro atoms. The summed E-state index contributed by atoms with van der Waals surface area (Å²) < 4.78 is 89.0. The molecule has 0 radical (unpaired) electrons. The number of alkyl halides is 6. The van der Waals surface area contributed by atoms with Crippen molar-refractivity contribution in [2.45, 2.75) is 51.2 Å². The Morgan fingerprint density at radius 1 is 0.972 bits per heavy atom. The first-order valence-corrected chi connectivity index (χ1v) is 11.4. The van der Waals surface area contributed by atoms with Crippen molar-refractivity contribution in [3.8, 4) is 11.6 Å². The maximum Gasteiger partial charge on any atom is 0.417 e. The fraction of sp³-hybridized carbons (Fsp3) is 0.500. The molecule has 2 heterocycles. The monoisotopic (exact) mass is 518 g/mol. The molecule has 6 nitrogen and oxygen atoms in total. The van der Waals surface area contributed by atoms with E-state index in [1.807, 2.05) is 0 Å². The number of esters is 1. The molecular formula is C24H24F6N2O4. The van der Waals surface area contributed by atoms with Gasteiger partial charge in [0.25, 0.3) is 0 Å². The summed E-state index contributed by atoms with van der Waals surface area (Å²) in [5.74, 6) is -1.00. The van der Waals surface area contributed by atoms with Gasteiger partial charge < -0.3 is 14.3 Å². The number of fused-ring (bicyclic) bond motifs is 2. The lowest BCUT2D eigenvalue weighted by molar-refractivity contribution is -0.139. The minimum atomic E-state index is -4.65. The quantitative estimate of drug-likeness (QED) is 0.358. The van der Waals surface area contributed by atoms with Crippen LogP contribution in [0.1, 0.15) is 48.2 Å². The third kappa shape index (κ3) is 5.85. The second kappa shape index (κ2) is 9.79. The summed E-state index contributed by atoms with van der Waals surface area (Å²) in [6.45, 7) is 3.86. The molecule has 1 aromatic carbocycles. The Hall–Kier alpha value is -3.02. The summed E-state index contributed by atoms with van der Waals surface area (Å²) in [4.78, 5) is 22.1. The molecule has 36 heavy (non-hydrogen) atoms. The van der Waals surface area contributed by atoms with Crippen LogP contribution in [0.5, 0.6) is 11.6 Å². The van der Waals surface area contributed by atoms with E-state index in [-0.39, 0.29) is 35.1 Å². The first-order chi connectivity index (χ1) is 16.8. The van der Waals surface area contributed by atoms with Gasteiger partial charge in [-0.25, -0.2) is 9.78 Å². The molecule has 196 valence electrons. The van der Waals surface area contributed by atoms with E-state index in [9.17, 15) is 31.1 Å².